The summed E-state index contributed by atoms with van der Waals surface area (Å²) in [5.41, 5.74) is 0. The molecule has 1 rings (SSSR count). The Labute approximate surface area is 100.0 Å². The van der Waals surface area contributed by atoms with Gasteiger partial charge in [-0.25, -0.2) is 4.98 Å². The van der Waals surface area contributed by atoms with Crippen molar-refractivity contribution < 1.29 is 46.4 Å². The monoisotopic (exact) mass is 277 g/mol. The topological polar surface area (TPSA) is 140 Å². The maximum atomic E-state index is 9.53. The van der Waals surface area contributed by atoms with Crippen LogP contribution in [0.2, 0.25) is 0 Å². The molecule has 1 aromatic heterocycles. The number of rotatable bonds is 2. The third-order valence-electron chi connectivity index (χ3n) is 0.603. The van der Waals surface area contributed by atoms with Crippen molar-refractivity contribution in [3.8, 4) is 6.01 Å². The van der Waals surface area contributed by atoms with E-state index in [1.807, 2.05) is 0 Å². The fourth-order valence-electron chi connectivity index (χ4n) is 0.319. The second-order valence-electron chi connectivity index (χ2n) is 1.29. The minimum absolute atomic E-state index is 0. The van der Waals surface area contributed by atoms with Gasteiger partial charge in [0.15, 0.2) is 12.5 Å². The van der Waals surface area contributed by atoms with Crippen molar-refractivity contribution in [2.75, 3.05) is 0 Å². The average Bonchev–Trinajstić information content (AvgIpc) is 2.22. The van der Waals surface area contributed by atoms with Gasteiger partial charge < -0.3 is 29.3 Å². The Kier molecular flexibility index (Phi) is 22.8. The fourth-order valence-corrected chi connectivity index (χ4v) is 0.319. The van der Waals surface area contributed by atoms with E-state index in [2.05, 4.69) is 19.7 Å². The first-order valence-corrected chi connectivity index (χ1v) is 2.95. The molecular weight excluding hydrogens is 274 g/mol. The Morgan fingerprint density at radius 3 is 1.75 bits per heavy atom. The number of ether oxygens (including phenoxy) is 1. The van der Waals surface area contributed by atoms with Crippen LogP contribution in [-0.4, -0.2) is 44.6 Å². The molecule has 0 aliphatic rings. The smallest absolute Gasteiger partial charge is 0.172 e. The molecule has 0 spiro atoms. The summed E-state index contributed by atoms with van der Waals surface area (Å²) >= 11 is 0. The molecule has 0 fully saturated rings. The first kappa shape index (κ1) is 19.5. The molecule has 0 amide bonds. The van der Waals surface area contributed by atoms with Gasteiger partial charge in [-0.1, -0.05) is 12.9 Å². The van der Waals surface area contributed by atoms with Gasteiger partial charge >= 0.3 is 0 Å². The van der Waals surface area contributed by atoms with Crippen LogP contribution in [0.3, 0.4) is 0 Å². The molecule has 9 nitrogen and oxygen atoms in total. The quantitative estimate of drug-likeness (QED) is 0.490. The van der Waals surface area contributed by atoms with E-state index in [0.717, 1.165) is 0 Å². The third-order valence-corrected chi connectivity index (χ3v) is 0.603. The number of aromatic nitrogens is 3. The van der Waals surface area contributed by atoms with E-state index < -0.39 is 0 Å². The predicted molar refractivity (Wildman–Crippen MR) is 42.8 cm³/mol. The Hall–Kier alpha value is -2.06. The molecule has 0 saturated carbocycles. The van der Waals surface area contributed by atoms with Crippen LogP contribution in [0.4, 0.5) is 0 Å². The summed E-state index contributed by atoms with van der Waals surface area (Å²) in [6.07, 6.45) is 2.44. The Morgan fingerprint density at radius 2 is 1.44 bits per heavy atom. The second kappa shape index (κ2) is 18.7. The van der Waals surface area contributed by atoms with Crippen molar-refractivity contribution in [1.82, 2.24) is 15.0 Å². The molecule has 1 heterocycles. The van der Waals surface area contributed by atoms with Gasteiger partial charge in [0.25, 0.3) is 0 Å². The van der Waals surface area contributed by atoms with Gasteiger partial charge in [0.05, 0.1) is 0 Å². The molecule has 93 valence electrons. The molecule has 0 aromatic carbocycles. The van der Waals surface area contributed by atoms with Gasteiger partial charge in [0.2, 0.25) is 0 Å². The van der Waals surface area contributed by atoms with Crippen LogP contribution in [0.25, 0.3) is 0 Å². The van der Waals surface area contributed by atoms with Crippen molar-refractivity contribution in [2.45, 2.75) is 0 Å². The molecule has 0 atom stereocenters. The van der Waals surface area contributed by atoms with Crippen molar-refractivity contribution in [2.24, 2.45) is 0 Å². The Morgan fingerprint density at radius 1 is 1.06 bits per heavy atom. The van der Waals surface area contributed by atoms with Crippen molar-refractivity contribution >= 4 is 19.4 Å². The normalized spacial score (nSPS) is 6.25. The third kappa shape index (κ3) is 17.9. The van der Waals surface area contributed by atoms with E-state index in [4.69, 9.17) is 19.8 Å². The fraction of sp³-hybridized carbons (Fsp3) is 0. The van der Waals surface area contributed by atoms with Crippen LogP contribution in [0.1, 0.15) is 0 Å². The first-order chi connectivity index (χ1) is 7.26. The summed E-state index contributed by atoms with van der Waals surface area (Å²) in [5, 5.41) is 13.5. The van der Waals surface area contributed by atoms with Crippen LogP contribution in [0.15, 0.2) is 12.7 Å². The van der Waals surface area contributed by atoms with Crippen LogP contribution in [0, 0.1) is 0 Å². The van der Waals surface area contributed by atoms with Gasteiger partial charge in [-0.15, -0.1) is 0 Å². The maximum absolute atomic E-state index is 9.53. The SMILES string of the molecule is O=[C-]O.O=[C-]O.O=[C-]Oc1ncncn1.[Cu]. The van der Waals surface area contributed by atoms with E-state index in [0.29, 0.717) is 12.9 Å². The Bertz CT molecular complexity index is 266. The molecule has 2 N–H and O–H groups in total. The molecule has 0 unspecified atom stereocenters. The Balaban J connectivity index is -0.000000207. The van der Waals surface area contributed by atoms with Crippen molar-refractivity contribution in [1.29, 1.82) is 0 Å². The van der Waals surface area contributed by atoms with Crippen LogP contribution < -0.4 is 4.74 Å². The van der Waals surface area contributed by atoms with Gasteiger partial charge in [-0.05, 0) is 0 Å². The van der Waals surface area contributed by atoms with E-state index in [-0.39, 0.29) is 23.1 Å². The van der Waals surface area contributed by atoms with Gasteiger partial charge in [0, 0.05) is 17.1 Å². The van der Waals surface area contributed by atoms with Gasteiger partial charge in [-0.3, -0.25) is 9.97 Å². The molecule has 0 saturated heterocycles. The summed E-state index contributed by atoms with van der Waals surface area (Å²) in [7, 11) is 0. The molecule has 1 radical (unpaired) electrons. The summed E-state index contributed by atoms with van der Waals surface area (Å²) in [6, 6.07) is -0.0417. The standard InChI is InChI=1S/C4H2N3O2.2CHO2.Cu/c8-3-9-4-6-1-5-2-7-4;2*2-1-3;/h1-2H;2*(H,2,3);/q3*-1;. The van der Waals surface area contributed by atoms with Crippen LogP contribution >= 0.6 is 0 Å². The second-order valence-corrected chi connectivity index (χ2v) is 1.29. The number of carbonyl (C=O) groups excluding carboxylic acids is 1. The number of aliphatic hydroxyl groups excluding tert-OH is 2. The van der Waals surface area contributed by atoms with Crippen molar-refractivity contribution in [3.63, 3.8) is 0 Å². The number of hydrogen-bond acceptors (Lipinski definition) is 7. The van der Waals surface area contributed by atoms with Gasteiger partial charge in [-0.2, -0.15) is 0 Å². The first-order valence-electron chi connectivity index (χ1n) is 2.95. The van der Waals surface area contributed by atoms with Crippen molar-refractivity contribution in [3.05, 3.63) is 12.7 Å². The summed E-state index contributed by atoms with van der Waals surface area (Å²) in [6.45, 7) is 2.18. The molecule has 10 heteroatoms. The molecule has 16 heavy (non-hydrogen) atoms. The summed E-state index contributed by atoms with van der Waals surface area (Å²) in [5.74, 6) is 0. The number of nitrogens with zero attached hydrogens (tertiary/aromatic N) is 3. The average molecular weight is 278 g/mol. The summed E-state index contributed by atoms with van der Waals surface area (Å²) in [4.78, 5) is 36.4. The molecule has 0 aliphatic carbocycles. The summed E-state index contributed by atoms with van der Waals surface area (Å²) < 4.78 is 4.14. The largest absolute Gasteiger partial charge is 0.665 e. The van der Waals surface area contributed by atoms with Gasteiger partial charge in [0.1, 0.15) is 12.7 Å². The minimum atomic E-state index is -0.0417. The maximum Gasteiger partial charge on any atom is 0.172 e. The molecule has 1 aromatic rings. The molecule has 0 aliphatic heterocycles. The van der Waals surface area contributed by atoms with E-state index >= 15 is 0 Å². The van der Waals surface area contributed by atoms with E-state index in [1.165, 1.54) is 19.1 Å². The van der Waals surface area contributed by atoms with E-state index in [9.17, 15) is 4.79 Å². The molecular formula is C6H4CuN3O6-3. The van der Waals surface area contributed by atoms with Crippen LogP contribution in [-0.2, 0) is 31.5 Å². The number of hydrogen-bond donors (Lipinski definition) is 2. The van der Waals surface area contributed by atoms with E-state index in [1.54, 1.807) is 0 Å². The zero-order valence-electron chi connectivity index (χ0n) is 7.33. The predicted octanol–water partition coefficient (Wildman–Crippen LogP) is -1.46. The van der Waals surface area contributed by atoms with Crippen LogP contribution in [0.5, 0.6) is 6.01 Å². The zero-order chi connectivity index (χ0) is 11.9. The zero-order valence-corrected chi connectivity index (χ0v) is 8.27. The minimum Gasteiger partial charge on any atom is -0.665 e. The molecule has 0 bridgehead atoms.